The van der Waals surface area contributed by atoms with Crippen molar-refractivity contribution in [2.75, 3.05) is 39.4 Å². The van der Waals surface area contributed by atoms with E-state index in [0.29, 0.717) is 25.6 Å². The minimum atomic E-state index is -0.446. The number of benzene rings is 1. The monoisotopic (exact) mass is 364 g/mol. The summed E-state index contributed by atoms with van der Waals surface area (Å²) < 4.78 is 19.5. The molecule has 1 aromatic carbocycles. The molecule has 0 radical (unpaired) electrons. The maximum absolute atomic E-state index is 13.8. The van der Waals surface area contributed by atoms with Gasteiger partial charge in [0.2, 0.25) is 5.91 Å². The topological polar surface area (TPSA) is 53.0 Å². The number of hydrogen-bond acceptors (Lipinski definition) is 4. The second-order valence-corrected chi connectivity index (χ2v) is 7.40. The zero-order valence-corrected chi connectivity index (χ0v) is 15.3. The van der Waals surface area contributed by atoms with Gasteiger partial charge in [-0.1, -0.05) is 18.2 Å². The molecule has 2 fully saturated rings. The first-order valence-electron chi connectivity index (χ1n) is 9.61. The largest absolute Gasteiger partial charge is 0.387 e. The van der Waals surface area contributed by atoms with Crippen molar-refractivity contribution in [3.63, 3.8) is 0 Å². The number of likely N-dealkylation sites (tertiary alicyclic amines) is 1. The minimum absolute atomic E-state index is 0.103. The Morgan fingerprint density at radius 3 is 2.65 bits per heavy atom. The van der Waals surface area contributed by atoms with Crippen LogP contribution in [0.1, 0.15) is 31.2 Å². The zero-order chi connectivity index (χ0) is 18.4. The number of ether oxygens (including phenoxy) is 1. The van der Waals surface area contributed by atoms with Gasteiger partial charge < -0.3 is 14.7 Å². The summed E-state index contributed by atoms with van der Waals surface area (Å²) in [5, 5.41) is 9.26. The van der Waals surface area contributed by atoms with Gasteiger partial charge in [-0.05, 0) is 50.8 Å². The van der Waals surface area contributed by atoms with Crippen LogP contribution < -0.4 is 0 Å². The van der Waals surface area contributed by atoms with E-state index in [4.69, 9.17) is 4.74 Å². The van der Waals surface area contributed by atoms with Crippen molar-refractivity contribution in [1.82, 2.24) is 9.80 Å². The summed E-state index contributed by atoms with van der Waals surface area (Å²) in [6.07, 6.45) is 4.09. The lowest BCUT2D eigenvalue weighted by molar-refractivity contribution is -0.136. The van der Waals surface area contributed by atoms with Crippen LogP contribution in [-0.4, -0.2) is 66.3 Å². The van der Waals surface area contributed by atoms with Gasteiger partial charge in [0, 0.05) is 31.8 Å². The standard InChI is InChI=1S/C20H29FN2O3/c21-19-6-2-1-4-17(19)13-22-9-7-16(8-10-22)12-23(20(25)15-24)14-18-5-3-11-26-18/h1-2,4,6,16,18,24H,3,5,7-15H2/t18-/m1/s1. The molecule has 1 amide bonds. The van der Waals surface area contributed by atoms with E-state index in [1.165, 1.54) is 6.07 Å². The maximum Gasteiger partial charge on any atom is 0.248 e. The highest BCUT2D eigenvalue weighted by Crippen LogP contribution is 2.22. The van der Waals surface area contributed by atoms with Gasteiger partial charge in [-0.15, -0.1) is 0 Å². The summed E-state index contributed by atoms with van der Waals surface area (Å²) in [7, 11) is 0. The van der Waals surface area contributed by atoms with Crippen LogP contribution in [0.15, 0.2) is 24.3 Å². The number of piperidine rings is 1. The molecule has 2 aliphatic heterocycles. The molecule has 5 nitrogen and oxygen atoms in total. The second kappa shape index (κ2) is 9.44. The maximum atomic E-state index is 13.8. The van der Waals surface area contributed by atoms with Gasteiger partial charge in [0.1, 0.15) is 12.4 Å². The Morgan fingerprint density at radius 2 is 2.00 bits per heavy atom. The lowest BCUT2D eigenvalue weighted by Crippen LogP contribution is -2.44. The first kappa shape index (κ1) is 19.3. The van der Waals surface area contributed by atoms with Gasteiger partial charge in [0.15, 0.2) is 0 Å². The first-order valence-corrected chi connectivity index (χ1v) is 9.61. The predicted octanol–water partition coefficient (Wildman–Crippen LogP) is 2.04. The summed E-state index contributed by atoms with van der Waals surface area (Å²) in [6, 6.07) is 6.93. The van der Waals surface area contributed by atoms with Gasteiger partial charge in [0.25, 0.3) is 0 Å². The number of aliphatic hydroxyl groups excluding tert-OH is 1. The molecule has 1 N–H and O–H groups in total. The highest BCUT2D eigenvalue weighted by atomic mass is 19.1. The molecule has 0 bridgehead atoms. The van der Waals surface area contributed by atoms with E-state index in [1.54, 1.807) is 11.0 Å². The third-order valence-electron chi connectivity index (χ3n) is 5.47. The van der Waals surface area contributed by atoms with Gasteiger partial charge in [-0.3, -0.25) is 9.69 Å². The molecule has 1 aromatic rings. The number of hydrogen-bond donors (Lipinski definition) is 1. The SMILES string of the molecule is O=C(CO)N(CC1CCN(Cc2ccccc2F)CC1)C[C@H]1CCCO1. The summed E-state index contributed by atoms with van der Waals surface area (Å²) >= 11 is 0. The van der Waals surface area contributed by atoms with E-state index in [1.807, 2.05) is 12.1 Å². The molecular formula is C20H29FN2O3. The second-order valence-electron chi connectivity index (χ2n) is 7.40. The number of carbonyl (C=O) groups is 1. The van der Waals surface area contributed by atoms with Crippen molar-refractivity contribution in [3.05, 3.63) is 35.6 Å². The Morgan fingerprint density at radius 1 is 1.23 bits per heavy atom. The Bertz CT molecular complexity index is 584. The molecule has 2 heterocycles. The third kappa shape index (κ3) is 5.25. The van der Waals surface area contributed by atoms with Crippen LogP contribution in [0.3, 0.4) is 0 Å². The van der Waals surface area contributed by atoms with Crippen molar-refractivity contribution >= 4 is 5.91 Å². The average molecular weight is 364 g/mol. The Kier molecular flexibility index (Phi) is 7.00. The molecule has 0 spiro atoms. The number of aliphatic hydroxyl groups is 1. The number of halogens is 1. The van der Waals surface area contributed by atoms with E-state index in [-0.39, 0.29) is 17.8 Å². The molecule has 0 aromatic heterocycles. The fourth-order valence-electron chi connectivity index (χ4n) is 3.92. The predicted molar refractivity (Wildman–Crippen MR) is 97.0 cm³/mol. The molecule has 144 valence electrons. The van der Waals surface area contributed by atoms with E-state index < -0.39 is 6.61 Å². The van der Waals surface area contributed by atoms with E-state index in [2.05, 4.69) is 4.90 Å². The van der Waals surface area contributed by atoms with Crippen molar-refractivity contribution in [2.24, 2.45) is 5.92 Å². The van der Waals surface area contributed by atoms with Crippen LogP contribution in [0.5, 0.6) is 0 Å². The summed E-state index contributed by atoms with van der Waals surface area (Å²) in [5.41, 5.74) is 0.737. The lowest BCUT2D eigenvalue weighted by Gasteiger charge is -2.35. The average Bonchev–Trinajstić information content (AvgIpc) is 3.17. The van der Waals surface area contributed by atoms with Crippen LogP contribution in [0.4, 0.5) is 4.39 Å². The highest BCUT2D eigenvalue weighted by Gasteiger charge is 2.27. The summed E-state index contributed by atoms with van der Waals surface area (Å²) in [6.45, 7) is 4.01. The van der Waals surface area contributed by atoms with Crippen molar-refractivity contribution in [1.29, 1.82) is 0 Å². The van der Waals surface area contributed by atoms with Gasteiger partial charge in [-0.25, -0.2) is 4.39 Å². The van der Waals surface area contributed by atoms with Crippen LogP contribution in [-0.2, 0) is 16.1 Å². The molecule has 1 atom stereocenters. The fraction of sp³-hybridized carbons (Fsp3) is 0.650. The highest BCUT2D eigenvalue weighted by molar-refractivity contribution is 5.77. The van der Waals surface area contributed by atoms with Crippen LogP contribution >= 0.6 is 0 Å². The first-order chi connectivity index (χ1) is 12.7. The number of carbonyl (C=O) groups excluding carboxylic acids is 1. The van der Waals surface area contributed by atoms with E-state index >= 15 is 0 Å². The summed E-state index contributed by atoms with van der Waals surface area (Å²) in [4.78, 5) is 16.1. The van der Waals surface area contributed by atoms with Crippen LogP contribution in [0, 0.1) is 11.7 Å². The van der Waals surface area contributed by atoms with Crippen LogP contribution in [0.25, 0.3) is 0 Å². The summed E-state index contributed by atoms with van der Waals surface area (Å²) in [5.74, 6) is 0.0592. The molecule has 2 saturated heterocycles. The fourth-order valence-corrected chi connectivity index (χ4v) is 3.92. The van der Waals surface area contributed by atoms with Gasteiger partial charge in [0.05, 0.1) is 6.10 Å². The van der Waals surface area contributed by atoms with E-state index in [0.717, 1.165) is 50.9 Å². The molecule has 26 heavy (non-hydrogen) atoms. The van der Waals surface area contributed by atoms with Crippen molar-refractivity contribution in [3.8, 4) is 0 Å². The van der Waals surface area contributed by atoms with Crippen molar-refractivity contribution < 1.29 is 19.0 Å². The number of rotatable bonds is 7. The molecule has 3 rings (SSSR count). The quantitative estimate of drug-likeness (QED) is 0.804. The Hall–Kier alpha value is -1.50. The lowest BCUT2D eigenvalue weighted by atomic mass is 9.95. The Labute approximate surface area is 154 Å². The number of nitrogens with zero attached hydrogens (tertiary/aromatic N) is 2. The Balaban J connectivity index is 1.48. The molecule has 0 saturated carbocycles. The minimum Gasteiger partial charge on any atom is -0.387 e. The van der Waals surface area contributed by atoms with Gasteiger partial charge in [-0.2, -0.15) is 0 Å². The van der Waals surface area contributed by atoms with Gasteiger partial charge >= 0.3 is 0 Å². The number of amides is 1. The van der Waals surface area contributed by atoms with Crippen molar-refractivity contribution in [2.45, 2.75) is 38.3 Å². The molecule has 0 aliphatic carbocycles. The van der Waals surface area contributed by atoms with E-state index in [9.17, 15) is 14.3 Å². The molecular weight excluding hydrogens is 335 g/mol. The third-order valence-corrected chi connectivity index (χ3v) is 5.47. The zero-order valence-electron chi connectivity index (χ0n) is 15.3. The molecule has 0 unspecified atom stereocenters. The normalized spacial score (nSPS) is 21.8. The molecule has 6 heteroatoms. The smallest absolute Gasteiger partial charge is 0.248 e. The van der Waals surface area contributed by atoms with Crippen LogP contribution in [0.2, 0.25) is 0 Å². The molecule has 2 aliphatic rings.